The zero-order valence-corrected chi connectivity index (χ0v) is 16.4. The fraction of sp³-hybridized carbons (Fsp3) is 0.409. The maximum absolute atomic E-state index is 12.4. The van der Waals surface area contributed by atoms with Gasteiger partial charge in [0.05, 0.1) is 40.3 Å². The lowest BCUT2D eigenvalue weighted by atomic mass is 9.91. The third kappa shape index (κ3) is 4.42. The number of carbonyl (C=O) groups is 1. The first-order chi connectivity index (χ1) is 13.2. The Morgan fingerprint density at radius 1 is 1.15 bits per heavy atom. The van der Waals surface area contributed by atoms with Gasteiger partial charge in [0.15, 0.2) is 11.5 Å². The van der Waals surface area contributed by atoms with Crippen molar-refractivity contribution in [2.24, 2.45) is 0 Å². The highest BCUT2D eigenvalue weighted by Gasteiger charge is 2.31. The van der Waals surface area contributed by atoms with Gasteiger partial charge >= 0.3 is 0 Å². The van der Waals surface area contributed by atoms with Crippen LogP contribution in [0.25, 0.3) is 0 Å². The number of hydrogen-bond acceptors (Lipinski definition) is 3. The minimum absolute atomic E-state index is 0.0595. The van der Waals surface area contributed by atoms with Crippen LogP contribution in [0, 0.1) is 0 Å². The zero-order valence-electron chi connectivity index (χ0n) is 16.4. The van der Waals surface area contributed by atoms with Gasteiger partial charge in [0.25, 0.3) is 0 Å². The van der Waals surface area contributed by atoms with Crippen molar-refractivity contribution in [2.75, 3.05) is 33.9 Å². The molecule has 2 N–H and O–H groups in total. The van der Waals surface area contributed by atoms with Gasteiger partial charge in [-0.25, -0.2) is 0 Å². The predicted molar refractivity (Wildman–Crippen MR) is 106 cm³/mol. The number of benzene rings is 2. The van der Waals surface area contributed by atoms with E-state index in [0.29, 0.717) is 13.0 Å². The van der Waals surface area contributed by atoms with E-state index in [1.54, 1.807) is 14.2 Å². The summed E-state index contributed by atoms with van der Waals surface area (Å²) in [6.07, 6.45) is 1.42. The van der Waals surface area contributed by atoms with Crippen molar-refractivity contribution < 1.29 is 19.2 Å². The average Bonchev–Trinajstić information content (AvgIpc) is 2.71. The first-order valence-electron chi connectivity index (χ1n) is 9.56. The Bertz CT molecular complexity index is 777. The molecule has 0 fully saturated rings. The Kier molecular flexibility index (Phi) is 6.35. The molecule has 2 atom stereocenters. The highest BCUT2D eigenvalue weighted by Crippen LogP contribution is 2.33. The maximum Gasteiger partial charge on any atom is 0.224 e. The summed E-state index contributed by atoms with van der Waals surface area (Å²) in [5, 5.41) is 3.14. The average molecular weight is 369 g/mol. The summed E-state index contributed by atoms with van der Waals surface area (Å²) in [6, 6.07) is 14.2. The zero-order chi connectivity index (χ0) is 19.2. The largest absolute Gasteiger partial charge is 0.493 e. The molecule has 3 rings (SSSR count). The number of likely N-dealkylation sites (N-methyl/N-ethyl adjacent to an activating group) is 1. The fourth-order valence-electron chi connectivity index (χ4n) is 3.90. The molecule has 0 bridgehead atoms. The second-order valence-corrected chi connectivity index (χ2v) is 6.94. The van der Waals surface area contributed by atoms with Crippen LogP contribution in [0.4, 0.5) is 0 Å². The second kappa shape index (κ2) is 8.91. The Hall–Kier alpha value is -2.53. The molecule has 0 saturated carbocycles. The van der Waals surface area contributed by atoms with E-state index in [1.165, 1.54) is 16.0 Å². The summed E-state index contributed by atoms with van der Waals surface area (Å²) in [7, 11) is 3.33. The van der Waals surface area contributed by atoms with Crippen LogP contribution < -0.4 is 19.7 Å². The number of methoxy groups -OCH3 is 2. The van der Waals surface area contributed by atoms with E-state index in [4.69, 9.17) is 9.47 Å². The molecular formula is C22H29N2O3+. The van der Waals surface area contributed by atoms with Gasteiger partial charge in [-0.2, -0.15) is 0 Å². The van der Waals surface area contributed by atoms with Crippen LogP contribution >= 0.6 is 0 Å². The van der Waals surface area contributed by atoms with E-state index in [-0.39, 0.29) is 11.9 Å². The number of nitrogens with one attached hydrogen (secondary N) is 2. The highest BCUT2D eigenvalue weighted by atomic mass is 16.5. The molecule has 5 nitrogen and oxygen atoms in total. The third-order valence-electron chi connectivity index (χ3n) is 5.39. The third-order valence-corrected chi connectivity index (χ3v) is 5.39. The first-order valence-corrected chi connectivity index (χ1v) is 9.56. The molecular weight excluding hydrogens is 340 g/mol. The van der Waals surface area contributed by atoms with Crippen LogP contribution in [0.3, 0.4) is 0 Å². The van der Waals surface area contributed by atoms with Gasteiger partial charge in [-0.05, 0) is 30.2 Å². The molecule has 1 amide bonds. The van der Waals surface area contributed by atoms with E-state index < -0.39 is 0 Å². The standard InChI is InChI=1S/C22H28N2O3/c1-4-24-11-10-17-13-20(26-2)21(27-3)14-18(17)19(24)15-23-22(25)12-16-8-6-5-7-9-16/h5-9,13-14,19H,4,10-12,15H2,1-3H3,(H,23,25)/p+1/t19-/m1/s1. The van der Waals surface area contributed by atoms with Gasteiger partial charge in [0.2, 0.25) is 5.91 Å². The van der Waals surface area contributed by atoms with E-state index in [1.807, 2.05) is 30.3 Å². The smallest absolute Gasteiger partial charge is 0.224 e. The SMILES string of the molecule is CC[NH+]1CCc2cc(OC)c(OC)cc2[C@H]1CNC(=O)Cc1ccccc1. The highest BCUT2D eigenvalue weighted by molar-refractivity contribution is 5.78. The Morgan fingerprint density at radius 2 is 1.85 bits per heavy atom. The van der Waals surface area contributed by atoms with Crippen molar-refractivity contribution in [3.05, 3.63) is 59.2 Å². The van der Waals surface area contributed by atoms with E-state index >= 15 is 0 Å². The molecule has 0 saturated heterocycles. The number of carbonyl (C=O) groups excluding carboxylic acids is 1. The van der Waals surface area contributed by atoms with Crippen molar-refractivity contribution >= 4 is 5.91 Å². The van der Waals surface area contributed by atoms with Crippen LogP contribution in [-0.4, -0.2) is 39.8 Å². The lowest BCUT2D eigenvalue weighted by molar-refractivity contribution is -0.930. The van der Waals surface area contributed by atoms with Crippen molar-refractivity contribution in [1.82, 2.24) is 5.32 Å². The molecule has 5 heteroatoms. The minimum atomic E-state index is 0.0595. The Morgan fingerprint density at radius 3 is 2.52 bits per heavy atom. The quantitative estimate of drug-likeness (QED) is 0.779. The van der Waals surface area contributed by atoms with Gasteiger partial charge < -0.3 is 19.7 Å². The lowest BCUT2D eigenvalue weighted by Gasteiger charge is -2.34. The molecule has 27 heavy (non-hydrogen) atoms. The van der Waals surface area contributed by atoms with Crippen molar-refractivity contribution in [2.45, 2.75) is 25.8 Å². The normalized spacial score (nSPS) is 18.5. The number of hydrogen-bond donors (Lipinski definition) is 2. The number of rotatable bonds is 7. The second-order valence-electron chi connectivity index (χ2n) is 6.94. The van der Waals surface area contributed by atoms with Crippen LogP contribution in [0.5, 0.6) is 11.5 Å². The minimum Gasteiger partial charge on any atom is -0.493 e. The van der Waals surface area contributed by atoms with Crippen molar-refractivity contribution in [1.29, 1.82) is 0 Å². The van der Waals surface area contributed by atoms with Crippen molar-refractivity contribution in [3.8, 4) is 11.5 Å². The fourth-order valence-corrected chi connectivity index (χ4v) is 3.90. The maximum atomic E-state index is 12.4. The summed E-state index contributed by atoms with van der Waals surface area (Å²) >= 11 is 0. The van der Waals surface area contributed by atoms with E-state index in [9.17, 15) is 4.79 Å². The molecule has 0 radical (unpaired) electrons. The van der Waals surface area contributed by atoms with Crippen molar-refractivity contribution in [3.63, 3.8) is 0 Å². The van der Waals surface area contributed by atoms with Gasteiger partial charge in [-0.3, -0.25) is 4.79 Å². The molecule has 144 valence electrons. The van der Waals surface area contributed by atoms with Gasteiger partial charge in [-0.1, -0.05) is 30.3 Å². The number of fused-ring (bicyclic) bond motifs is 1. The van der Waals surface area contributed by atoms with Crippen LogP contribution in [-0.2, 0) is 17.6 Å². The molecule has 1 aliphatic heterocycles. The molecule has 0 spiro atoms. The van der Waals surface area contributed by atoms with E-state index in [2.05, 4.69) is 24.4 Å². The number of amides is 1. The molecule has 1 aliphatic rings. The van der Waals surface area contributed by atoms with Gasteiger partial charge in [0, 0.05) is 12.0 Å². The monoisotopic (exact) mass is 369 g/mol. The molecule has 1 heterocycles. The van der Waals surface area contributed by atoms with Gasteiger partial charge in [0.1, 0.15) is 6.04 Å². The first kappa shape index (κ1) is 19.2. The summed E-state index contributed by atoms with van der Waals surface area (Å²) in [6.45, 7) is 4.89. The molecule has 0 aromatic heterocycles. The summed E-state index contributed by atoms with van der Waals surface area (Å²) in [5.41, 5.74) is 3.56. The summed E-state index contributed by atoms with van der Waals surface area (Å²) in [5.74, 6) is 1.57. The summed E-state index contributed by atoms with van der Waals surface area (Å²) < 4.78 is 11.0. The summed E-state index contributed by atoms with van der Waals surface area (Å²) in [4.78, 5) is 13.9. The number of ether oxygens (including phenoxy) is 2. The molecule has 2 aromatic rings. The Balaban J connectivity index is 1.76. The Labute approximate surface area is 161 Å². The predicted octanol–water partition coefficient (Wildman–Crippen LogP) is 1.56. The molecule has 0 aliphatic carbocycles. The topological polar surface area (TPSA) is 52.0 Å². The van der Waals surface area contributed by atoms with Gasteiger partial charge in [-0.15, -0.1) is 0 Å². The molecule has 1 unspecified atom stereocenters. The lowest BCUT2D eigenvalue weighted by Crippen LogP contribution is -3.13. The number of quaternary nitrogens is 1. The van der Waals surface area contributed by atoms with Crippen LogP contribution in [0.15, 0.2) is 42.5 Å². The van der Waals surface area contributed by atoms with Crippen LogP contribution in [0.2, 0.25) is 0 Å². The van der Waals surface area contributed by atoms with E-state index in [0.717, 1.165) is 36.6 Å². The van der Waals surface area contributed by atoms with Crippen LogP contribution in [0.1, 0.15) is 29.7 Å². The molecule has 2 aromatic carbocycles.